The van der Waals surface area contributed by atoms with E-state index >= 15 is 0 Å². The molecule has 1 aromatic carbocycles. The maximum atomic E-state index is 12.4. The minimum absolute atomic E-state index is 0.115. The summed E-state index contributed by atoms with van der Waals surface area (Å²) < 4.78 is 11.4. The Hall–Kier alpha value is -1.59. The normalized spacial score (nSPS) is 17.2. The summed E-state index contributed by atoms with van der Waals surface area (Å²) in [5.74, 6) is 0.721. The molecule has 25 heavy (non-hydrogen) atoms. The number of carbonyl (C=O) groups is 1. The number of hydrogen-bond donors (Lipinski definition) is 1. The predicted octanol–water partition coefficient (Wildman–Crippen LogP) is 3.70. The van der Waals surface area contributed by atoms with E-state index in [2.05, 4.69) is 10.2 Å². The van der Waals surface area contributed by atoms with Gasteiger partial charge >= 0.3 is 0 Å². The van der Waals surface area contributed by atoms with Gasteiger partial charge in [0.1, 0.15) is 11.4 Å². The largest absolute Gasteiger partial charge is 0.494 e. The lowest BCUT2D eigenvalue weighted by Gasteiger charge is -2.26. The number of carbonyl (C=O) groups excluding carboxylic acids is 1. The number of amides is 1. The first-order valence-corrected chi connectivity index (χ1v) is 9.48. The van der Waals surface area contributed by atoms with Gasteiger partial charge in [0.25, 0.3) is 5.91 Å². The summed E-state index contributed by atoms with van der Waals surface area (Å²) in [6.45, 7) is 10.5. The van der Waals surface area contributed by atoms with Gasteiger partial charge in [-0.1, -0.05) is 6.92 Å². The molecule has 140 valence electrons. The number of nitrogens with one attached hydrogen (secondary N) is 1. The van der Waals surface area contributed by atoms with E-state index in [0.717, 1.165) is 31.0 Å². The molecule has 1 aliphatic rings. The van der Waals surface area contributed by atoms with Gasteiger partial charge in [-0.3, -0.25) is 4.79 Å². The van der Waals surface area contributed by atoms with Crippen LogP contribution in [0.1, 0.15) is 46.5 Å². The van der Waals surface area contributed by atoms with E-state index in [4.69, 9.17) is 9.47 Å². The summed E-state index contributed by atoms with van der Waals surface area (Å²) >= 11 is 0. The average molecular weight is 348 g/mol. The summed E-state index contributed by atoms with van der Waals surface area (Å²) in [5.41, 5.74) is -0.0340. The van der Waals surface area contributed by atoms with Crippen molar-refractivity contribution in [1.29, 1.82) is 0 Å². The lowest BCUT2D eigenvalue weighted by molar-refractivity contribution is -0.139. The Kier molecular flexibility index (Phi) is 7.72. The molecule has 1 aliphatic heterocycles. The monoisotopic (exact) mass is 348 g/mol. The third kappa shape index (κ3) is 6.01. The van der Waals surface area contributed by atoms with Gasteiger partial charge in [-0.2, -0.15) is 0 Å². The molecule has 5 heteroatoms. The molecule has 0 bridgehead atoms. The number of anilines is 1. The van der Waals surface area contributed by atoms with Gasteiger partial charge < -0.3 is 19.7 Å². The van der Waals surface area contributed by atoms with Gasteiger partial charge in [0, 0.05) is 18.8 Å². The quantitative estimate of drug-likeness (QED) is 0.655. The maximum Gasteiger partial charge on any atom is 0.256 e. The molecule has 0 spiro atoms. The van der Waals surface area contributed by atoms with E-state index in [-0.39, 0.29) is 5.91 Å². The maximum absolute atomic E-state index is 12.4. The first-order chi connectivity index (χ1) is 12.1. The second-order valence-electron chi connectivity index (χ2n) is 6.75. The Labute approximate surface area is 151 Å². The number of benzene rings is 1. The minimum atomic E-state index is -0.792. The van der Waals surface area contributed by atoms with Crippen LogP contribution in [0.25, 0.3) is 0 Å². The van der Waals surface area contributed by atoms with Crippen LogP contribution in [0.4, 0.5) is 5.69 Å². The second kappa shape index (κ2) is 9.78. The number of nitrogens with zero attached hydrogens (tertiary/aromatic N) is 1. The van der Waals surface area contributed by atoms with Crippen molar-refractivity contribution in [2.75, 3.05) is 38.2 Å². The highest BCUT2D eigenvalue weighted by atomic mass is 16.5. The Morgan fingerprint density at radius 2 is 1.88 bits per heavy atom. The van der Waals surface area contributed by atoms with Crippen LogP contribution in [0.5, 0.6) is 5.75 Å². The number of hydrogen-bond acceptors (Lipinski definition) is 4. The van der Waals surface area contributed by atoms with Crippen LogP contribution in [0.3, 0.4) is 0 Å². The molecule has 1 amide bonds. The van der Waals surface area contributed by atoms with Gasteiger partial charge in [0.2, 0.25) is 0 Å². The fraction of sp³-hybridized carbons (Fsp3) is 0.650. The molecule has 0 aliphatic carbocycles. The Morgan fingerprint density at radius 1 is 1.20 bits per heavy atom. The van der Waals surface area contributed by atoms with E-state index in [1.807, 2.05) is 45.0 Å². The minimum Gasteiger partial charge on any atom is -0.494 e. The third-order valence-corrected chi connectivity index (χ3v) is 4.82. The molecular weight excluding hydrogens is 316 g/mol. The molecule has 1 saturated heterocycles. The first-order valence-electron chi connectivity index (χ1n) is 9.48. The fourth-order valence-electron chi connectivity index (χ4n) is 3.03. The van der Waals surface area contributed by atoms with Gasteiger partial charge in [-0.25, -0.2) is 0 Å². The SMILES string of the molecule is CCO[C@@](C)(CC)C(=O)Nc1ccc(OCCCN2CCCC2)cc1. The van der Waals surface area contributed by atoms with Gasteiger partial charge in [0.15, 0.2) is 0 Å². The molecule has 5 nitrogen and oxygen atoms in total. The first kappa shape index (κ1) is 19.7. The molecule has 0 saturated carbocycles. The topological polar surface area (TPSA) is 50.8 Å². The van der Waals surface area contributed by atoms with Crippen LogP contribution in [0.15, 0.2) is 24.3 Å². The molecular formula is C20H32N2O3. The average Bonchev–Trinajstić information content (AvgIpc) is 3.13. The van der Waals surface area contributed by atoms with Crippen molar-refractivity contribution in [3.05, 3.63) is 24.3 Å². The molecule has 1 atom stereocenters. The van der Waals surface area contributed by atoms with Crippen molar-refractivity contribution >= 4 is 11.6 Å². The van der Waals surface area contributed by atoms with Crippen LogP contribution in [-0.4, -0.2) is 49.3 Å². The lowest BCUT2D eigenvalue weighted by atomic mass is 10.0. The second-order valence-corrected chi connectivity index (χ2v) is 6.75. The van der Waals surface area contributed by atoms with E-state index in [1.54, 1.807) is 0 Å². The van der Waals surface area contributed by atoms with Crippen LogP contribution >= 0.6 is 0 Å². The van der Waals surface area contributed by atoms with Crippen LogP contribution < -0.4 is 10.1 Å². The number of ether oxygens (including phenoxy) is 2. The van der Waals surface area contributed by atoms with Gasteiger partial charge in [-0.15, -0.1) is 0 Å². The van der Waals surface area contributed by atoms with Crippen molar-refractivity contribution in [3.8, 4) is 5.75 Å². The van der Waals surface area contributed by atoms with Crippen molar-refractivity contribution in [3.63, 3.8) is 0 Å². The Bertz CT molecular complexity index is 526. The highest BCUT2D eigenvalue weighted by molar-refractivity contribution is 5.97. The highest BCUT2D eigenvalue weighted by Crippen LogP contribution is 2.21. The standard InChI is InChI=1S/C20H32N2O3/c1-4-20(3,25-5-2)19(23)21-17-9-11-18(12-10-17)24-16-8-15-22-13-6-7-14-22/h9-12H,4-8,13-16H2,1-3H3,(H,21,23)/t20-/m0/s1. The zero-order chi connectivity index (χ0) is 18.1. The molecule has 1 N–H and O–H groups in total. The zero-order valence-corrected chi connectivity index (χ0v) is 15.8. The fourth-order valence-corrected chi connectivity index (χ4v) is 3.03. The molecule has 1 heterocycles. The molecule has 2 rings (SSSR count). The zero-order valence-electron chi connectivity index (χ0n) is 15.8. The van der Waals surface area contributed by atoms with Crippen molar-refractivity contribution in [2.45, 2.75) is 52.1 Å². The van der Waals surface area contributed by atoms with Crippen molar-refractivity contribution in [2.24, 2.45) is 0 Å². The Balaban J connectivity index is 1.75. The summed E-state index contributed by atoms with van der Waals surface area (Å²) in [7, 11) is 0. The molecule has 1 fully saturated rings. The molecule has 1 aromatic rings. The smallest absolute Gasteiger partial charge is 0.256 e. The predicted molar refractivity (Wildman–Crippen MR) is 101 cm³/mol. The van der Waals surface area contributed by atoms with E-state index < -0.39 is 5.60 Å². The van der Waals surface area contributed by atoms with Crippen molar-refractivity contribution < 1.29 is 14.3 Å². The van der Waals surface area contributed by atoms with Crippen LogP contribution in [0, 0.1) is 0 Å². The summed E-state index contributed by atoms with van der Waals surface area (Å²) in [6, 6.07) is 7.54. The number of likely N-dealkylation sites (tertiary alicyclic amines) is 1. The van der Waals surface area contributed by atoms with Gasteiger partial charge in [0.05, 0.1) is 6.61 Å². The summed E-state index contributed by atoms with van der Waals surface area (Å²) in [5, 5.41) is 2.92. The van der Waals surface area contributed by atoms with E-state index in [1.165, 1.54) is 25.9 Å². The summed E-state index contributed by atoms with van der Waals surface area (Å²) in [6.07, 6.45) is 4.33. The number of rotatable bonds is 10. The van der Waals surface area contributed by atoms with E-state index in [9.17, 15) is 4.79 Å². The van der Waals surface area contributed by atoms with Gasteiger partial charge in [-0.05, 0) is 76.9 Å². The Morgan fingerprint density at radius 3 is 2.48 bits per heavy atom. The summed E-state index contributed by atoms with van der Waals surface area (Å²) in [4.78, 5) is 14.9. The van der Waals surface area contributed by atoms with Crippen molar-refractivity contribution in [1.82, 2.24) is 4.90 Å². The molecule has 0 aromatic heterocycles. The highest BCUT2D eigenvalue weighted by Gasteiger charge is 2.31. The lowest BCUT2D eigenvalue weighted by Crippen LogP contribution is -2.42. The third-order valence-electron chi connectivity index (χ3n) is 4.82. The van der Waals surface area contributed by atoms with Crippen LogP contribution in [0.2, 0.25) is 0 Å². The molecule has 0 unspecified atom stereocenters. The van der Waals surface area contributed by atoms with E-state index in [0.29, 0.717) is 13.0 Å². The molecule has 0 radical (unpaired) electrons. The van der Waals surface area contributed by atoms with Crippen LogP contribution in [-0.2, 0) is 9.53 Å².